The van der Waals surface area contributed by atoms with Crippen LogP contribution in [0, 0.1) is 17.8 Å². The molecule has 0 aromatic heterocycles. The van der Waals surface area contributed by atoms with Crippen molar-refractivity contribution in [2.24, 2.45) is 5.92 Å². The van der Waals surface area contributed by atoms with Crippen LogP contribution in [0.5, 0.6) is 0 Å². The minimum absolute atomic E-state index is 0.0861. The minimum Gasteiger partial charge on any atom is -0.384 e. The average molecular weight is 212 g/mol. The number of nitrogens with zero attached hydrogens (tertiary/aromatic N) is 1. The van der Waals surface area contributed by atoms with E-state index in [4.69, 9.17) is 10.3 Å². The minimum atomic E-state index is -0.295. The molecule has 84 valence electrons. The maximum Gasteiger partial charge on any atom is 0.246 e. The number of nitrogens with one attached hydrogen (secondary N) is 1. The predicted molar refractivity (Wildman–Crippen MR) is 54.0 cm³/mol. The number of amides is 1. The first kappa shape index (κ1) is 12.0. The van der Waals surface area contributed by atoms with Gasteiger partial charge in [0.1, 0.15) is 6.61 Å². The first-order valence-electron chi connectivity index (χ1n) is 5.00. The van der Waals surface area contributed by atoms with Crippen LogP contribution in [0.25, 0.3) is 0 Å². The summed E-state index contributed by atoms with van der Waals surface area (Å²) in [7, 11) is 0. The lowest BCUT2D eigenvalue weighted by molar-refractivity contribution is -0.134. The summed E-state index contributed by atoms with van der Waals surface area (Å²) in [6.07, 6.45) is 1.49. The Hall–Kier alpha value is -1.09. The molecule has 0 aromatic carbocycles. The Kier molecular flexibility index (Phi) is 5.12. The van der Waals surface area contributed by atoms with E-state index in [0.29, 0.717) is 6.54 Å². The first-order valence-corrected chi connectivity index (χ1v) is 5.00. The third kappa shape index (κ3) is 3.88. The van der Waals surface area contributed by atoms with E-state index in [2.05, 4.69) is 16.7 Å². The van der Waals surface area contributed by atoms with Gasteiger partial charge in [-0.15, -0.1) is 0 Å². The van der Waals surface area contributed by atoms with Crippen molar-refractivity contribution < 1.29 is 15.1 Å². The van der Waals surface area contributed by atoms with Crippen molar-refractivity contribution >= 4 is 5.91 Å². The largest absolute Gasteiger partial charge is 0.384 e. The fourth-order valence-electron chi connectivity index (χ4n) is 1.67. The lowest BCUT2D eigenvalue weighted by Crippen LogP contribution is -2.39. The maximum absolute atomic E-state index is 11.1. The van der Waals surface area contributed by atoms with Crippen molar-refractivity contribution in [3.05, 3.63) is 0 Å². The molecule has 1 amide bonds. The molecule has 1 rings (SSSR count). The van der Waals surface area contributed by atoms with E-state index in [1.54, 1.807) is 5.48 Å². The summed E-state index contributed by atoms with van der Waals surface area (Å²) in [6, 6.07) is 0. The maximum atomic E-state index is 11.1. The topological polar surface area (TPSA) is 72.8 Å². The number of carbonyl (C=O) groups excluding carboxylic acids is 1. The van der Waals surface area contributed by atoms with Crippen LogP contribution in [-0.4, -0.2) is 47.4 Å². The van der Waals surface area contributed by atoms with Gasteiger partial charge < -0.3 is 5.11 Å². The molecule has 1 heterocycles. The van der Waals surface area contributed by atoms with Gasteiger partial charge in [0.15, 0.2) is 0 Å². The van der Waals surface area contributed by atoms with Gasteiger partial charge in [-0.05, 0) is 25.9 Å². The molecule has 5 heteroatoms. The standard InChI is InChI=1S/C10H16N2O3/c13-8-2-1-5-12-6-3-9(4-7-12)10(14)11-15/h9,13,15H,3-8H2,(H,11,14). The molecule has 0 atom stereocenters. The zero-order chi connectivity index (χ0) is 11.1. The van der Waals surface area contributed by atoms with Crippen molar-refractivity contribution in [3.8, 4) is 11.8 Å². The van der Waals surface area contributed by atoms with Crippen molar-refractivity contribution in [2.75, 3.05) is 26.2 Å². The third-order valence-electron chi connectivity index (χ3n) is 2.58. The number of hydrogen-bond donors (Lipinski definition) is 3. The SMILES string of the molecule is O=C(NO)C1CCN(CC#CCO)CC1. The van der Waals surface area contributed by atoms with Crippen molar-refractivity contribution in [2.45, 2.75) is 12.8 Å². The summed E-state index contributed by atoms with van der Waals surface area (Å²) < 4.78 is 0. The number of aliphatic hydroxyl groups excluding tert-OH is 1. The molecular formula is C10H16N2O3. The first-order chi connectivity index (χ1) is 7.27. The van der Waals surface area contributed by atoms with Crippen LogP contribution in [0.4, 0.5) is 0 Å². The number of aliphatic hydroxyl groups is 1. The predicted octanol–water partition coefficient (Wildman–Crippen LogP) is -0.800. The second kappa shape index (κ2) is 6.40. The smallest absolute Gasteiger partial charge is 0.246 e. The molecule has 1 saturated heterocycles. The zero-order valence-corrected chi connectivity index (χ0v) is 8.57. The van der Waals surface area contributed by atoms with E-state index in [9.17, 15) is 4.79 Å². The molecule has 5 nitrogen and oxygen atoms in total. The van der Waals surface area contributed by atoms with E-state index in [1.165, 1.54) is 0 Å². The normalized spacial score (nSPS) is 18.0. The van der Waals surface area contributed by atoms with Crippen LogP contribution < -0.4 is 5.48 Å². The fraction of sp³-hybridized carbons (Fsp3) is 0.700. The second-order valence-electron chi connectivity index (χ2n) is 3.54. The molecule has 1 aliphatic rings. The van der Waals surface area contributed by atoms with Gasteiger partial charge in [0, 0.05) is 5.92 Å². The lowest BCUT2D eigenvalue weighted by Gasteiger charge is -2.29. The zero-order valence-electron chi connectivity index (χ0n) is 8.57. The molecular weight excluding hydrogens is 196 g/mol. The number of carbonyl (C=O) groups is 1. The Bertz CT molecular complexity index is 262. The van der Waals surface area contributed by atoms with Crippen LogP contribution in [0.3, 0.4) is 0 Å². The fourth-order valence-corrected chi connectivity index (χ4v) is 1.67. The highest BCUT2D eigenvalue weighted by molar-refractivity contribution is 5.77. The van der Waals surface area contributed by atoms with Crippen LogP contribution in [-0.2, 0) is 4.79 Å². The highest BCUT2D eigenvalue weighted by Gasteiger charge is 2.23. The van der Waals surface area contributed by atoms with Crippen LogP contribution in [0.15, 0.2) is 0 Å². The van der Waals surface area contributed by atoms with Crippen LogP contribution in [0.1, 0.15) is 12.8 Å². The quantitative estimate of drug-likeness (QED) is 0.318. The number of hydrogen-bond acceptors (Lipinski definition) is 4. The molecule has 0 bridgehead atoms. The van der Waals surface area contributed by atoms with E-state index >= 15 is 0 Å². The molecule has 0 spiro atoms. The Labute approximate surface area is 89.0 Å². The van der Waals surface area contributed by atoms with Crippen LogP contribution in [0.2, 0.25) is 0 Å². The van der Waals surface area contributed by atoms with Crippen LogP contribution >= 0.6 is 0 Å². The number of piperidine rings is 1. The van der Waals surface area contributed by atoms with Gasteiger partial charge in [-0.3, -0.25) is 14.9 Å². The van der Waals surface area contributed by atoms with Gasteiger partial charge in [0.05, 0.1) is 6.54 Å². The lowest BCUT2D eigenvalue weighted by atomic mass is 9.96. The van der Waals surface area contributed by atoms with E-state index in [-0.39, 0.29) is 18.4 Å². The number of likely N-dealkylation sites (tertiary alicyclic amines) is 1. The molecule has 3 N–H and O–H groups in total. The highest BCUT2D eigenvalue weighted by atomic mass is 16.5. The molecule has 0 aliphatic carbocycles. The van der Waals surface area contributed by atoms with E-state index in [0.717, 1.165) is 25.9 Å². The van der Waals surface area contributed by atoms with Gasteiger partial charge >= 0.3 is 0 Å². The van der Waals surface area contributed by atoms with Gasteiger partial charge in [0.2, 0.25) is 5.91 Å². The highest BCUT2D eigenvalue weighted by Crippen LogP contribution is 2.16. The molecule has 15 heavy (non-hydrogen) atoms. The molecule has 0 unspecified atom stereocenters. The van der Waals surface area contributed by atoms with Gasteiger partial charge in [-0.25, -0.2) is 5.48 Å². The monoisotopic (exact) mass is 212 g/mol. The van der Waals surface area contributed by atoms with Crippen molar-refractivity contribution in [1.82, 2.24) is 10.4 Å². The summed E-state index contributed by atoms with van der Waals surface area (Å²) in [5.41, 5.74) is 1.68. The van der Waals surface area contributed by atoms with Gasteiger partial charge in [0.25, 0.3) is 0 Å². The van der Waals surface area contributed by atoms with Crippen molar-refractivity contribution in [3.63, 3.8) is 0 Å². The number of hydroxylamine groups is 1. The Morgan fingerprint density at radius 3 is 2.60 bits per heavy atom. The number of rotatable bonds is 2. The molecule has 0 saturated carbocycles. The Morgan fingerprint density at radius 1 is 1.40 bits per heavy atom. The summed E-state index contributed by atoms with van der Waals surface area (Å²) in [4.78, 5) is 13.2. The van der Waals surface area contributed by atoms with Gasteiger partial charge in [-0.1, -0.05) is 11.8 Å². The van der Waals surface area contributed by atoms with Crippen molar-refractivity contribution in [1.29, 1.82) is 0 Å². The average Bonchev–Trinajstić information content (AvgIpc) is 2.29. The summed E-state index contributed by atoms with van der Waals surface area (Å²) in [5.74, 6) is 5.04. The molecule has 1 fully saturated rings. The summed E-state index contributed by atoms with van der Waals surface area (Å²) in [5, 5.41) is 16.9. The summed E-state index contributed by atoms with van der Waals surface area (Å²) >= 11 is 0. The van der Waals surface area contributed by atoms with Gasteiger partial charge in [-0.2, -0.15) is 0 Å². The Balaban J connectivity index is 2.26. The molecule has 0 aromatic rings. The third-order valence-corrected chi connectivity index (χ3v) is 2.58. The Morgan fingerprint density at radius 2 is 2.07 bits per heavy atom. The van der Waals surface area contributed by atoms with E-state index < -0.39 is 0 Å². The van der Waals surface area contributed by atoms with E-state index in [1.807, 2.05) is 0 Å². The second-order valence-corrected chi connectivity index (χ2v) is 3.54. The molecule has 1 aliphatic heterocycles. The summed E-state index contributed by atoms with van der Waals surface area (Å²) in [6.45, 7) is 2.13. The molecule has 0 radical (unpaired) electrons.